The van der Waals surface area contributed by atoms with Crippen LogP contribution in [0.15, 0.2) is 12.1 Å². The molecule has 0 bridgehead atoms. The Labute approximate surface area is 119 Å². The van der Waals surface area contributed by atoms with Crippen LogP contribution in [0.2, 0.25) is 0 Å². The molecule has 20 heavy (non-hydrogen) atoms. The first kappa shape index (κ1) is 16.2. The Morgan fingerprint density at radius 3 is 2.80 bits per heavy atom. The SMILES string of the molecule is COCCN(C)CCNc1nc(C(=O)OC)ccc1N. The summed E-state index contributed by atoms with van der Waals surface area (Å²) in [6.45, 7) is 3.02. The molecule has 0 aliphatic carbocycles. The Bertz CT molecular complexity index is 440. The molecule has 0 aliphatic rings. The highest BCUT2D eigenvalue weighted by molar-refractivity contribution is 5.88. The largest absolute Gasteiger partial charge is 0.464 e. The maximum atomic E-state index is 11.4. The van der Waals surface area contributed by atoms with Gasteiger partial charge in [-0.3, -0.25) is 0 Å². The number of nitrogens with zero attached hydrogens (tertiary/aromatic N) is 2. The van der Waals surface area contributed by atoms with E-state index in [9.17, 15) is 4.79 Å². The van der Waals surface area contributed by atoms with Gasteiger partial charge in [0.05, 0.1) is 19.4 Å². The molecular formula is C13H22N4O3. The number of hydrogen-bond donors (Lipinski definition) is 2. The average Bonchev–Trinajstić information content (AvgIpc) is 2.46. The van der Waals surface area contributed by atoms with Crippen molar-refractivity contribution in [3.63, 3.8) is 0 Å². The molecule has 1 aromatic heterocycles. The third kappa shape index (κ3) is 5.02. The molecule has 7 heteroatoms. The van der Waals surface area contributed by atoms with E-state index in [1.807, 2.05) is 7.05 Å². The lowest BCUT2D eigenvalue weighted by molar-refractivity contribution is 0.0594. The monoisotopic (exact) mass is 282 g/mol. The third-order valence-corrected chi connectivity index (χ3v) is 2.78. The van der Waals surface area contributed by atoms with Crippen molar-refractivity contribution in [1.29, 1.82) is 0 Å². The number of nitrogens with two attached hydrogens (primary N) is 1. The van der Waals surface area contributed by atoms with Gasteiger partial charge in [0.15, 0.2) is 5.69 Å². The second kappa shape index (κ2) is 8.34. The summed E-state index contributed by atoms with van der Waals surface area (Å²) >= 11 is 0. The van der Waals surface area contributed by atoms with Crippen LogP contribution >= 0.6 is 0 Å². The van der Waals surface area contributed by atoms with Gasteiger partial charge in [-0.05, 0) is 19.2 Å². The third-order valence-electron chi connectivity index (χ3n) is 2.78. The minimum atomic E-state index is -0.481. The highest BCUT2D eigenvalue weighted by atomic mass is 16.5. The normalized spacial score (nSPS) is 10.6. The Kier molecular flexibility index (Phi) is 6.75. The summed E-state index contributed by atoms with van der Waals surface area (Å²) < 4.78 is 9.63. The van der Waals surface area contributed by atoms with Crippen LogP contribution in [0.1, 0.15) is 10.5 Å². The van der Waals surface area contributed by atoms with Crippen molar-refractivity contribution in [3.05, 3.63) is 17.8 Å². The lowest BCUT2D eigenvalue weighted by Gasteiger charge is -2.17. The molecule has 1 heterocycles. The van der Waals surface area contributed by atoms with Gasteiger partial charge in [-0.15, -0.1) is 0 Å². The zero-order valence-electron chi connectivity index (χ0n) is 12.2. The molecule has 112 valence electrons. The summed E-state index contributed by atoms with van der Waals surface area (Å²) in [5.74, 6) is 0.0123. The summed E-state index contributed by atoms with van der Waals surface area (Å²) in [7, 11) is 5.00. The minimum absolute atomic E-state index is 0.233. The van der Waals surface area contributed by atoms with Crippen molar-refractivity contribution in [1.82, 2.24) is 9.88 Å². The topological polar surface area (TPSA) is 89.7 Å². The zero-order valence-corrected chi connectivity index (χ0v) is 12.2. The van der Waals surface area contributed by atoms with Crippen LogP contribution in [0.3, 0.4) is 0 Å². The van der Waals surface area contributed by atoms with E-state index < -0.39 is 5.97 Å². The van der Waals surface area contributed by atoms with Crippen LogP contribution in [0.5, 0.6) is 0 Å². The molecule has 0 saturated carbocycles. The summed E-state index contributed by atoms with van der Waals surface area (Å²) in [5, 5.41) is 3.11. The predicted octanol–water partition coefficient (Wildman–Crippen LogP) is 0.441. The number of anilines is 2. The Hall–Kier alpha value is -1.86. The molecule has 0 spiro atoms. The lowest BCUT2D eigenvalue weighted by atomic mass is 10.3. The molecule has 0 fully saturated rings. The fraction of sp³-hybridized carbons (Fsp3) is 0.538. The highest BCUT2D eigenvalue weighted by Gasteiger charge is 2.10. The summed E-state index contributed by atoms with van der Waals surface area (Å²) in [6.07, 6.45) is 0. The van der Waals surface area contributed by atoms with Gasteiger partial charge in [0.1, 0.15) is 5.82 Å². The zero-order chi connectivity index (χ0) is 15.0. The lowest BCUT2D eigenvalue weighted by Crippen LogP contribution is -2.28. The first-order chi connectivity index (χ1) is 9.58. The number of ether oxygens (including phenoxy) is 2. The molecule has 1 aromatic rings. The number of esters is 1. The number of methoxy groups -OCH3 is 2. The van der Waals surface area contributed by atoms with Crippen molar-refractivity contribution in [2.45, 2.75) is 0 Å². The van der Waals surface area contributed by atoms with Gasteiger partial charge in [-0.1, -0.05) is 0 Å². The molecule has 0 aliphatic heterocycles. The van der Waals surface area contributed by atoms with Gasteiger partial charge in [-0.2, -0.15) is 0 Å². The maximum absolute atomic E-state index is 11.4. The fourth-order valence-corrected chi connectivity index (χ4v) is 1.55. The quantitative estimate of drug-likeness (QED) is 0.669. The summed E-state index contributed by atoms with van der Waals surface area (Å²) in [4.78, 5) is 17.7. The number of aromatic nitrogens is 1. The second-order valence-corrected chi connectivity index (χ2v) is 4.35. The van der Waals surface area contributed by atoms with Gasteiger partial charge < -0.3 is 25.4 Å². The molecule has 0 radical (unpaired) electrons. The van der Waals surface area contributed by atoms with E-state index in [1.165, 1.54) is 13.2 Å². The van der Waals surface area contributed by atoms with Crippen LogP contribution in [0.4, 0.5) is 11.5 Å². The Morgan fingerprint density at radius 2 is 2.15 bits per heavy atom. The first-order valence-electron chi connectivity index (χ1n) is 6.34. The summed E-state index contributed by atoms with van der Waals surface area (Å²) in [6, 6.07) is 3.17. The van der Waals surface area contributed by atoms with Gasteiger partial charge in [-0.25, -0.2) is 9.78 Å². The fourth-order valence-electron chi connectivity index (χ4n) is 1.55. The second-order valence-electron chi connectivity index (χ2n) is 4.35. The van der Waals surface area contributed by atoms with Gasteiger partial charge in [0, 0.05) is 26.7 Å². The number of rotatable bonds is 8. The summed E-state index contributed by atoms with van der Waals surface area (Å²) in [5.41, 5.74) is 6.55. The van der Waals surface area contributed by atoms with Crippen LogP contribution in [-0.2, 0) is 9.47 Å². The van der Waals surface area contributed by atoms with E-state index in [0.29, 0.717) is 24.7 Å². The Balaban J connectivity index is 2.52. The molecule has 3 N–H and O–H groups in total. The molecule has 7 nitrogen and oxygen atoms in total. The number of pyridine rings is 1. The van der Waals surface area contributed by atoms with Crippen molar-refractivity contribution < 1.29 is 14.3 Å². The smallest absolute Gasteiger partial charge is 0.356 e. The van der Waals surface area contributed by atoms with E-state index in [0.717, 1.165) is 13.1 Å². The minimum Gasteiger partial charge on any atom is -0.464 e. The maximum Gasteiger partial charge on any atom is 0.356 e. The number of hydrogen-bond acceptors (Lipinski definition) is 7. The number of carbonyl (C=O) groups is 1. The van der Waals surface area contributed by atoms with Crippen LogP contribution < -0.4 is 11.1 Å². The van der Waals surface area contributed by atoms with E-state index in [1.54, 1.807) is 13.2 Å². The molecule has 0 amide bonds. The molecular weight excluding hydrogens is 260 g/mol. The highest BCUT2D eigenvalue weighted by Crippen LogP contribution is 2.15. The van der Waals surface area contributed by atoms with Crippen LogP contribution in [-0.4, -0.2) is 63.4 Å². The van der Waals surface area contributed by atoms with Gasteiger partial charge >= 0.3 is 5.97 Å². The van der Waals surface area contributed by atoms with E-state index in [4.69, 9.17) is 10.5 Å². The van der Waals surface area contributed by atoms with Crippen molar-refractivity contribution in [3.8, 4) is 0 Å². The van der Waals surface area contributed by atoms with Gasteiger partial charge in [0.25, 0.3) is 0 Å². The average molecular weight is 282 g/mol. The van der Waals surface area contributed by atoms with Gasteiger partial charge in [0.2, 0.25) is 0 Å². The number of nitrogens with one attached hydrogen (secondary N) is 1. The predicted molar refractivity (Wildman–Crippen MR) is 77.9 cm³/mol. The van der Waals surface area contributed by atoms with Crippen LogP contribution in [0.25, 0.3) is 0 Å². The van der Waals surface area contributed by atoms with Crippen molar-refractivity contribution >= 4 is 17.5 Å². The first-order valence-corrected chi connectivity index (χ1v) is 6.34. The van der Waals surface area contributed by atoms with Crippen molar-refractivity contribution in [2.24, 2.45) is 0 Å². The molecule has 0 saturated heterocycles. The Morgan fingerprint density at radius 1 is 1.40 bits per heavy atom. The standard InChI is InChI=1S/C13H22N4O3/c1-17(8-9-19-2)7-6-15-12-10(14)4-5-11(16-12)13(18)20-3/h4-5H,6-9,14H2,1-3H3,(H,15,16). The van der Waals surface area contributed by atoms with Crippen molar-refractivity contribution in [2.75, 3.05) is 58.6 Å². The molecule has 0 atom stereocenters. The van der Waals surface area contributed by atoms with E-state index >= 15 is 0 Å². The molecule has 0 unspecified atom stereocenters. The number of likely N-dealkylation sites (N-methyl/N-ethyl adjacent to an activating group) is 1. The molecule has 0 aromatic carbocycles. The number of nitrogen functional groups attached to an aromatic ring is 1. The van der Waals surface area contributed by atoms with E-state index in [-0.39, 0.29) is 5.69 Å². The molecule has 1 rings (SSSR count). The van der Waals surface area contributed by atoms with E-state index in [2.05, 4.69) is 19.9 Å². The van der Waals surface area contributed by atoms with Crippen LogP contribution in [0, 0.1) is 0 Å². The number of carbonyl (C=O) groups excluding carboxylic acids is 1.